The summed E-state index contributed by atoms with van der Waals surface area (Å²) >= 11 is 0. The molecule has 0 aromatic carbocycles. The van der Waals surface area contributed by atoms with Crippen LogP contribution in [0.5, 0.6) is 0 Å². The molecule has 110 valence electrons. The fraction of sp³-hybridized carbons (Fsp3) is 0.545. The number of rotatable bonds is 1. The lowest BCUT2D eigenvalue weighted by molar-refractivity contribution is -0.297. The fourth-order valence-electron chi connectivity index (χ4n) is 1.93. The Balaban J connectivity index is 2.41. The quantitative estimate of drug-likeness (QED) is 0.845. The molecule has 0 fully saturated rings. The van der Waals surface area contributed by atoms with Crippen molar-refractivity contribution in [3.8, 4) is 0 Å². The minimum Gasteiger partial charge on any atom is -0.362 e. The van der Waals surface area contributed by atoms with Crippen LogP contribution in [0.4, 0.5) is 13.2 Å². The molecule has 1 aromatic heterocycles. The van der Waals surface area contributed by atoms with Crippen LogP contribution in [-0.4, -0.2) is 43.4 Å². The van der Waals surface area contributed by atoms with Gasteiger partial charge in [-0.1, -0.05) is 0 Å². The van der Waals surface area contributed by atoms with Gasteiger partial charge in [-0.3, -0.25) is 9.48 Å². The van der Waals surface area contributed by atoms with Crippen molar-refractivity contribution < 1.29 is 23.1 Å². The second-order valence-corrected chi connectivity index (χ2v) is 4.74. The van der Waals surface area contributed by atoms with Crippen molar-refractivity contribution >= 4 is 11.6 Å². The number of aromatic nitrogens is 2. The molecule has 1 unspecified atom stereocenters. The van der Waals surface area contributed by atoms with Crippen LogP contribution in [-0.2, 0) is 7.05 Å². The summed E-state index contributed by atoms with van der Waals surface area (Å²) in [7, 11) is 1.56. The molecule has 9 heteroatoms. The lowest BCUT2D eigenvalue weighted by atomic mass is 10.1. The number of carbonyl (C=O) groups is 1. The van der Waals surface area contributed by atoms with Gasteiger partial charge in [0.1, 0.15) is 0 Å². The van der Waals surface area contributed by atoms with Crippen LogP contribution in [0.15, 0.2) is 11.2 Å². The van der Waals surface area contributed by atoms with Gasteiger partial charge in [-0.05, 0) is 19.9 Å². The van der Waals surface area contributed by atoms with Crippen LogP contribution < -0.4 is 0 Å². The zero-order valence-corrected chi connectivity index (χ0v) is 11.1. The third-order valence-corrected chi connectivity index (χ3v) is 3.10. The molecule has 0 bridgehead atoms. The Bertz CT molecular complexity index is 573. The van der Waals surface area contributed by atoms with E-state index in [0.29, 0.717) is 5.69 Å². The molecule has 1 aliphatic rings. The van der Waals surface area contributed by atoms with E-state index in [1.54, 1.807) is 14.0 Å². The van der Waals surface area contributed by atoms with Crippen LogP contribution >= 0.6 is 0 Å². The lowest BCUT2D eigenvalue weighted by Crippen LogP contribution is -2.56. The summed E-state index contributed by atoms with van der Waals surface area (Å²) in [4.78, 5) is 12.1. The van der Waals surface area contributed by atoms with Gasteiger partial charge in [0.05, 0.1) is 0 Å². The maximum absolute atomic E-state index is 13.0. The molecule has 1 amide bonds. The van der Waals surface area contributed by atoms with Crippen LogP contribution in [0.25, 0.3) is 0 Å². The zero-order chi connectivity index (χ0) is 15.3. The van der Waals surface area contributed by atoms with E-state index in [0.717, 1.165) is 0 Å². The third-order valence-electron chi connectivity index (χ3n) is 3.10. The molecule has 20 heavy (non-hydrogen) atoms. The van der Waals surface area contributed by atoms with E-state index >= 15 is 0 Å². The molecule has 0 saturated carbocycles. The van der Waals surface area contributed by atoms with E-state index in [9.17, 15) is 23.1 Å². The van der Waals surface area contributed by atoms with Gasteiger partial charge in [0.25, 0.3) is 11.6 Å². The van der Waals surface area contributed by atoms with Gasteiger partial charge in [0.15, 0.2) is 5.69 Å². The smallest absolute Gasteiger partial charge is 0.362 e. The predicted molar refractivity (Wildman–Crippen MR) is 62.8 cm³/mol. The van der Waals surface area contributed by atoms with Crippen molar-refractivity contribution in [2.75, 3.05) is 0 Å². The lowest BCUT2D eigenvalue weighted by Gasteiger charge is -2.32. The first-order chi connectivity index (χ1) is 9.06. The second kappa shape index (κ2) is 4.30. The van der Waals surface area contributed by atoms with Crippen LogP contribution in [0.3, 0.4) is 0 Å². The van der Waals surface area contributed by atoms with Crippen LogP contribution in [0.1, 0.15) is 29.5 Å². The summed E-state index contributed by atoms with van der Waals surface area (Å²) in [6.07, 6.45) is -5.78. The zero-order valence-electron chi connectivity index (χ0n) is 11.1. The Morgan fingerprint density at radius 2 is 2.05 bits per heavy atom. The highest BCUT2D eigenvalue weighted by atomic mass is 19.4. The Labute approximate surface area is 112 Å². The van der Waals surface area contributed by atoms with Gasteiger partial charge in [-0.2, -0.15) is 28.4 Å². The van der Waals surface area contributed by atoms with Gasteiger partial charge >= 0.3 is 6.18 Å². The maximum Gasteiger partial charge on any atom is 0.438 e. The molecule has 0 spiro atoms. The summed E-state index contributed by atoms with van der Waals surface area (Å²) in [5.41, 5.74) is -2.90. The van der Waals surface area contributed by atoms with Crippen molar-refractivity contribution in [1.29, 1.82) is 0 Å². The standard InChI is InChI=1S/C11H13F3N4O2/c1-6-5-10(20,11(12,13)14)18(15-6)9(19)8-4-7(2)17(3)16-8/h4,20H,5H2,1-3H3. The highest BCUT2D eigenvalue weighted by Gasteiger charge is 2.63. The van der Waals surface area contributed by atoms with E-state index < -0.39 is 24.2 Å². The summed E-state index contributed by atoms with van der Waals surface area (Å²) in [5, 5.41) is 17.2. The van der Waals surface area contributed by atoms with Crippen LogP contribution in [0.2, 0.25) is 0 Å². The largest absolute Gasteiger partial charge is 0.438 e. The summed E-state index contributed by atoms with van der Waals surface area (Å²) in [5.74, 6) is -1.09. The number of aryl methyl sites for hydroxylation is 2. The van der Waals surface area contributed by atoms with Crippen molar-refractivity contribution in [2.45, 2.75) is 32.2 Å². The van der Waals surface area contributed by atoms with E-state index in [-0.39, 0.29) is 16.4 Å². The minimum atomic E-state index is -5.01. The second-order valence-electron chi connectivity index (χ2n) is 4.74. The number of halogens is 3. The van der Waals surface area contributed by atoms with Gasteiger partial charge in [-0.25, -0.2) is 0 Å². The number of nitrogens with zero attached hydrogens (tertiary/aromatic N) is 4. The average Bonchev–Trinajstić information content (AvgIpc) is 2.79. The predicted octanol–water partition coefficient (Wildman–Crippen LogP) is 1.20. The SMILES string of the molecule is CC1=NN(C(=O)c2cc(C)n(C)n2)C(O)(C(F)(F)F)C1. The Kier molecular flexibility index (Phi) is 3.12. The Hall–Kier alpha value is -1.90. The fourth-order valence-corrected chi connectivity index (χ4v) is 1.93. The molecule has 6 nitrogen and oxygen atoms in total. The van der Waals surface area contributed by atoms with Crippen molar-refractivity contribution in [3.63, 3.8) is 0 Å². The van der Waals surface area contributed by atoms with Crippen LogP contribution in [0, 0.1) is 6.92 Å². The number of carbonyl (C=O) groups excluding carboxylic acids is 1. The molecule has 1 aromatic rings. The van der Waals surface area contributed by atoms with Gasteiger partial charge in [0.2, 0.25) is 0 Å². The first-order valence-corrected chi connectivity index (χ1v) is 5.74. The van der Waals surface area contributed by atoms with Gasteiger partial charge in [0, 0.05) is 24.9 Å². The summed E-state index contributed by atoms with van der Waals surface area (Å²) < 4.78 is 40.3. The first kappa shape index (κ1) is 14.5. The molecule has 0 radical (unpaired) electrons. The topological polar surface area (TPSA) is 70.7 Å². The van der Waals surface area contributed by atoms with Crippen molar-refractivity contribution in [1.82, 2.24) is 14.8 Å². The van der Waals surface area contributed by atoms with E-state index in [1.807, 2.05) is 0 Å². The highest BCUT2D eigenvalue weighted by molar-refractivity contribution is 5.96. The molecule has 1 atom stereocenters. The molecule has 1 N–H and O–H groups in total. The molecule has 0 saturated heterocycles. The Morgan fingerprint density at radius 3 is 2.50 bits per heavy atom. The minimum absolute atomic E-state index is 0.0193. The molecule has 0 aliphatic carbocycles. The van der Waals surface area contributed by atoms with Crippen molar-refractivity contribution in [2.24, 2.45) is 12.1 Å². The number of hydrogen-bond acceptors (Lipinski definition) is 4. The van der Waals surface area contributed by atoms with Gasteiger partial charge in [-0.15, -0.1) is 0 Å². The normalized spacial score (nSPS) is 23.1. The number of aliphatic hydroxyl groups is 1. The molecule has 1 aliphatic heterocycles. The molecule has 2 heterocycles. The number of alkyl halides is 3. The number of amides is 1. The van der Waals surface area contributed by atoms with E-state index in [2.05, 4.69) is 10.2 Å². The maximum atomic E-state index is 13.0. The number of hydrogen-bond donors (Lipinski definition) is 1. The molecule has 2 rings (SSSR count). The van der Waals surface area contributed by atoms with E-state index in [4.69, 9.17) is 0 Å². The molecular weight excluding hydrogens is 277 g/mol. The monoisotopic (exact) mass is 290 g/mol. The van der Waals surface area contributed by atoms with Crippen molar-refractivity contribution in [3.05, 3.63) is 17.5 Å². The Morgan fingerprint density at radius 1 is 1.45 bits per heavy atom. The molecular formula is C11H13F3N4O2. The summed E-state index contributed by atoms with van der Waals surface area (Å²) in [6, 6.07) is 1.34. The summed E-state index contributed by atoms with van der Waals surface area (Å²) in [6.45, 7) is 2.96. The van der Waals surface area contributed by atoms with E-state index in [1.165, 1.54) is 17.7 Å². The highest BCUT2D eigenvalue weighted by Crippen LogP contribution is 2.40. The first-order valence-electron chi connectivity index (χ1n) is 5.74. The number of hydrazone groups is 1. The van der Waals surface area contributed by atoms with Gasteiger partial charge < -0.3 is 5.11 Å². The average molecular weight is 290 g/mol. The third kappa shape index (κ3) is 2.07.